The summed E-state index contributed by atoms with van der Waals surface area (Å²) >= 11 is 1.35. The number of alkyl halides is 3. The smallest absolute Gasteiger partial charge is 0.435 e. The zero-order chi connectivity index (χ0) is 30.0. The molecule has 0 aliphatic heterocycles. The van der Waals surface area contributed by atoms with E-state index in [2.05, 4.69) is 16.4 Å². The number of hydrogen-bond acceptors (Lipinski definition) is 4. The molecule has 39 heavy (non-hydrogen) atoms. The molecule has 1 unspecified atom stereocenters. The molecule has 0 fully saturated rings. The zero-order valence-electron chi connectivity index (χ0n) is 23.9. The molecule has 0 bridgehead atoms. The van der Waals surface area contributed by atoms with Crippen molar-refractivity contribution in [2.45, 2.75) is 52.6 Å². The van der Waals surface area contributed by atoms with Crippen molar-refractivity contribution < 1.29 is 22.1 Å². The molecule has 0 saturated heterocycles. The first-order valence-corrected chi connectivity index (χ1v) is 14.6. The summed E-state index contributed by atoms with van der Waals surface area (Å²) in [6.45, 7) is 15.2. The van der Waals surface area contributed by atoms with E-state index in [1.807, 2.05) is 89.3 Å². The van der Waals surface area contributed by atoms with E-state index in [0.29, 0.717) is 21.2 Å². The lowest BCUT2D eigenvalue weighted by molar-refractivity contribution is -0.141. The van der Waals surface area contributed by atoms with Gasteiger partial charge in [0.05, 0.1) is 23.9 Å². The van der Waals surface area contributed by atoms with Crippen LogP contribution in [0.2, 0.25) is 0 Å². The molecule has 2 heterocycles. The second-order valence-electron chi connectivity index (χ2n) is 7.46. The predicted molar refractivity (Wildman–Crippen MR) is 162 cm³/mol. The second kappa shape index (κ2) is 19.0. The lowest BCUT2D eigenvalue weighted by Gasteiger charge is -2.04. The maximum absolute atomic E-state index is 13.0. The summed E-state index contributed by atoms with van der Waals surface area (Å²) in [6.07, 6.45) is 8.54. The molecule has 0 aliphatic rings. The van der Waals surface area contributed by atoms with Crippen LogP contribution in [0.5, 0.6) is 0 Å². The van der Waals surface area contributed by atoms with Crippen molar-refractivity contribution in [3.8, 4) is 21.0 Å². The summed E-state index contributed by atoms with van der Waals surface area (Å²) in [7, 11) is 0.520. The minimum absolute atomic E-state index is 0.344. The quantitative estimate of drug-likeness (QED) is 0.215. The van der Waals surface area contributed by atoms with Gasteiger partial charge in [-0.25, -0.2) is 4.68 Å². The van der Waals surface area contributed by atoms with Crippen LogP contribution in [-0.4, -0.2) is 27.4 Å². The molecule has 3 rings (SSSR count). The summed E-state index contributed by atoms with van der Waals surface area (Å²) in [4.78, 5) is 2.22. The molecule has 0 radical (unpaired) electrons. The Morgan fingerprint density at radius 1 is 1.03 bits per heavy atom. The Hall–Kier alpha value is -3.17. The fourth-order valence-electron chi connectivity index (χ4n) is 2.80. The lowest BCUT2D eigenvalue weighted by Crippen LogP contribution is -2.07. The number of benzene rings is 1. The van der Waals surface area contributed by atoms with Crippen molar-refractivity contribution in [2.75, 3.05) is 13.4 Å². The van der Waals surface area contributed by atoms with E-state index in [1.54, 1.807) is 38.7 Å². The van der Waals surface area contributed by atoms with Crippen molar-refractivity contribution in [1.29, 1.82) is 0 Å². The highest BCUT2D eigenvalue weighted by molar-refractivity contribution is 7.84. The molecule has 0 N–H and O–H groups in total. The minimum Gasteiger partial charge on any atom is -0.505 e. The van der Waals surface area contributed by atoms with Gasteiger partial charge in [-0.15, -0.1) is 11.3 Å². The molecule has 0 saturated carbocycles. The van der Waals surface area contributed by atoms with Gasteiger partial charge >= 0.3 is 6.18 Å². The first-order chi connectivity index (χ1) is 18.5. The summed E-state index contributed by atoms with van der Waals surface area (Å²) in [5.74, 6) is 0. The fourth-order valence-corrected chi connectivity index (χ4v) is 4.37. The largest absolute Gasteiger partial charge is 0.505 e. The van der Waals surface area contributed by atoms with Crippen LogP contribution in [0.15, 0.2) is 90.6 Å². The Morgan fingerprint density at radius 2 is 1.62 bits per heavy atom. The highest BCUT2D eigenvalue weighted by atomic mass is 32.2. The number of nitrogens with zero attached hydrogens (tertiary/aromatic N) is 2. The molecule has 0 aliphatic carbocycles. The number of thiophene rings is 1. The maximum Gasteiger partial charge on any atom is 0.435 e. The standard InChI is InChI=1S/C18H15F3N2OS2.C6H10.C4H8O.C2H6/c1-11(2)23-14(10-17(22-23)18(19,20)21)16-8-7-15(25-16)12-5-4-6-13(9-12)26(3)24;1-3-5-6-4-2;1-3-4-5-2;1-2/h4-10H,1H2,2-3H3;3-6H,1-2H3;3-4H,1-2H3;1-2H3/b;5-3-,6-4-;4-3+;. The number of rotatable bonds is 6. The van der Waals surface area contributed by atoms with Crippen LogP contribution >= 0.6 is 11.3 Å². The molecule has 9 heteroatoms. The van der Waals surface area contributed by atoms with E-state index in [4.69, 9.17) is 0 Å². The second-order valence-corrected chi connectivity index (χ2v) is 9.93. The molecule has 1 aromatic carbocycles. The van der Waals surface area contributed by atoms with Gasteiger partial charge in [0.15, 0.2) is 5.69 Å². The molecule has 0 amide bonds. The van der Waals surface area contributed by atoms with Crippen molar-refractivity contribution in [3.05, 3.63) is 91.4 Å². The highest BCUT2D eigenvalue weighted by Gasteiger charge is 2.35. The van der Waals surface area contributed by atoms with Crippen LogP contribution in [0, 0.1) is 0 Å². The molecule has 0 spiro atoms. The Kier molecular flexibility index (Phi) is 17.4. The SMILES string of the molecule is C/C=C/OC.C/C=C\C=C/C.C=C(C)n1nc(C(F)(F)F)cc1-c1ccc(-c2cccc(S(C)=O)c2)s1.CC. The van der Waals surface area contributed by atoms with E-state index in [0.717, 1.165) is 16.5 Å². The van der Waals surface area contributed by atoms with E-state index < -0.39 is 22.7 Å². The normalized spacial score (nSPS) is 11.8. The first-order valence-electron chi connectivity index (χ1n) is 12.2. The van der Waals surface area contributed by atoms with Gasteiger partial charge in [0.2, 0.25) is 0 Å². The summed E-state index contributed by atoms with van der Waals surface area (Å²) in [5, 5.41) is 3.64. The summed E-state index contributed by atoms with van der Waals surface area (Å²) in [5.41, 5.74) is 0.658. The Balaban J connectivity index is 0.000000931. The van der Waals surface area contributed by atoms with Crippen LogP contribution in [0.3, 0.4) is 0 Å². The minimum atomic E-state index is -4.52. The van der Waals surface area contributed by atoms with Crippen LogP contribution in [0.25, 0.3) is 26.7 Å². The van der Waals surface area contributed by atoms with E-state index in [-0.39, 0.29) is 0 Å². The zero-order valence-corrected chi connectivity index (χ0v) is 25.5. The van der Waals surface area contributed by atoms with Crippen molar-refractivity contribution >= 4 is 27.8 Å². The fraction of sp³-hybridized carbons (Fsp3) is 0.300. The summed E-state index contributed by atoms with van der Waals surface area (Å²) < 4.78 is 56.4. The number of ether oxygens (including phenoxy) is 1. The van der Waals surface area contributed by atoms with Crippen molar-refractivity contribution in [3.63, 3.8) is 0 Å². The van der Waals surface area contributed by atoms with Crippen molar-refractivity contribution in [1.82, 2.24) is 9.78 Å². The molecular formula is C30H39F3N2O2S2. The third-order valence-electron chi connectivity index (χ3n) is 4.44. The molecular weight excluding hydrogens is 541 g/mol. The highest BCUT2D eigenvalue weighted by Crippen LogP contribution is 2.38. The third-order valence-corrected chi connectivity index (χ3v) is 6.51. The Bertz CT molecular complexity index is 1240. The number of allylic oxidation sites excluding steroid dienone is 6. The van der Waals surface area contributed by atoms with Gasteiger partial charge < -0.3 is 4.74 Å². The van der Waals surface area contributed by atoms with Gasteiger partial charge in [0.1, 0.15) is 0 Å². The van der Waals surface area contributed by atoms with Crippen LogP contribution in [-0.2, 0) is 21.7 Å². The van der Waals surface area contributed by atoms with E-state index in [9.17, 15) is 17.4 Å². The monoisotopic (exact) mass is 580 g/mol. The van der Waals surface area contributed by atoms with Gasteiger partial charge in [0.25, 0.3) is 0 Å². The average Bonchev–Trinajstić information content (AvgIpc) is 3.58. The predicted octanol–water partition coefficient (Wildman–Crippen LogP) is 9.86. The van der Waals surface area contributed by atoms with Gasteiger partial charge in [-0.1, -0.05) is 62.9 Å². The van der Waals surface area contributed by atoms with Crippen LogP contribution in [0.1, 0.15) is 47.2 Å². The Morgan fingerprint density at radius 3 is 2.05 bits per heavy atom. The summed E-state index contributed by atoms with van der Waals surface area (Å²) in [6, 6.07) is 11.9. The first kappa shape index (κ1) is 35.8. The maximum atomic E-state index is 13.0. The Labute approximate surface area is 237 Å². The molecule has 214 valence electrons. The van der Waals surface area contributed by atoms with Gasteiger partial charge in [-0.2, -0.15) is 18.3 Å². The van der Waals surface area contributed by atoms with E-state index >= 15 is 0 Å². The van der Waals surface area contributed by atoms with Gasteiger partial charge in [-0.05, 0) is 63.6 Å². The number of halogens is 3. The number of hydrogen-bond donors (Lipinski definition) is 0. The number of aromatic nitrogens is 2. The molecule has 3 aromatic rings. The number of methoxy groups -OCH3 is 1. The third kappa shape index (κ3) is 12.5. The van der Waals surface area contributed by atoms with Gasteiger partial charge in [-0.3, -0.25) is 4.21 Å². The molecule has 4 nitrogen and oxygen atoms in total. The van der Waals surface area contributed by atoms with Crippen LogP contribution in [0.4, 0.5) is 13.2 Å². The van der Waals surface area contributed by atoms with E-state index in [1.165, 1.54) is 16.0 Å². The topological polar surface area (TPSA) is 44.1 Å². The molecule has 2 aromatic heterocycles. The van der Waals surface area contributed by atoms with Crippen LogP contribution < -0.4 is 0 Å². The van der Waals surface area contributed by atoms with Crippen molar-refractivity contribution in [2.24, 2.45) is 0 Å². The van der Waals surface area contributed by atoms with Gasteiger partial charge in [0, 0.05) is 32.5 Å². The molecule has 1 atom stereocenters. The lowest BCUT2D eigenvalue weighted by atomic mass is 10.2. The average molecular weight is 581 g/mol.